The average Bonchev–Trinajstić information content (AvgIpc) is 2.84. The molecule has 1 aromatic heterocycles. The fourth-order valence-corrected chi connectivity index (χ4v) is 2.81. The van der Waals surface area contributed by atoms with Crippen molar-refractivity contribution in [1.29, 1.82) is 0 Å². The van der Waals surface area contributed by atoms with E-state index in [9.17, 15) is 13.2 Å². The summed E-state index contributed by atoms with van der Waals surface area (Å²) in [5.74, 6) is 1.30. The number of rotatable bonds is 3. The van der Waals surface area contributed by atoms with Crippen molar-refractivity contribution in [2.75, 3.05) is 23.3 Å². The molecule has 2 heterocycles. The first kappa shape index (κ1) is 16.5. The molecular weight excluding hydrogens is 317 g/mol. The summed E-state index contributed by atoms with van der Waals surface area (Å²) in [7, 11) is 0. The number of anilines is 3. The molecule has 1 saturated heterocycles. The van der Waals surface area contributed by atoms with Crippen LogP contribution in [-0.2, 0) is 6.18 Å². The van der Waals surface area contributed by atoms with E-state index in [0.717, 1.165) is 43.9 Å². The molecule has 0 radical (unpaired) electrons. The van der Waals surface area contributed by atoms with Crippen molar-refractivity contribution >= 4 is 17.3 Å². The van der Waals surface area contributed by atoms with Gasteiger partial charge in [-0.1, -0.05) is 18.9 Å². The van der Waals surface area contributed by atoms with E-state index in [4.69, 9.17) is 0 Å². The molecule has 1 aliphatic rings. The van der Waals surface area contributed by atoms with Crippen molar-refractivity contribution in [2.45, 2.75) is 31.9 Å². The highest BCUT2D eigenvalue weighted by molar-refractivity contribution is 5.60. The normalized spacial score (nSPS) is 15.9. The van der Waals surface area contributed by atoms with Gasteiger partial charge in [-0.15, -0.1) is 0 Å². The van der Waals surface area contributed by atoms with Gasteiger partial charge in [-0.25, -0.2) is 9.97 Å². The second-order valence-electron chi connectivity index (χ2n) is 5.87. The Labute approximate surface area is 138 Å². The van der Waals surface area contributed by atoms with Crippen molar-refractivity contribution < 1.29 is 13.2 Å². The minimum atomic E-state index is -4.36. The average molecular weight is 336 g/mol. The van der Waals surface area contributed by atoms with Crippen LogP contribution in [0.2, 0.25) is 0 Å². The second-order valence-corrected chi connectivity index (χ2v) is 5.87. The number of halogens is 3. The zero-order valence-corrected chi connectivity index (χ0v) is 13.2. The summed E-state index contributed by atoms with van der Waals surface area (Å²) in [5.41, 5.74) is -0.334. The number of hydrogen-bond acceptors (Lipinski definition) is 4. The van der Waals surface area contributed by atoms with Gasteiger partial charge in [-0.3, -0.25) is 0 Å². The van der Waals surface area contributed by atoms with Gasteiger partial charge >= 0.3 is 6.18 Å². The Morgan fingerprint density at radius 2 is 1.71 bits per heavy atom. The van der Waals surface area contributed by atoms with Gasteiger partial charge in [-0.2, -0.15) is 13.2 Å². The quantitative estimate of drug-likeness (QED) is 0.888. The van der Waals surface area contributed by atoms with E-state index in [2.05, 4.69) is 20.2 Å². The molecule has 24 heavy (non-hydrogen) atoms. The lowest BCUT2D eigenvalue weighted by molar-refractivity contribution is -0.137. The van der Waals surface area contributed by atoms with Crippen molar-refractivity contribution in [1.82, 2.24) is 9.97 Å². The van der Waals surface area contributed by atoms with Crippen molar-refractivity contribution in [2.24, 2.45) is 0 Å². The van der Waals surface area contributed by atoms with Crippen LogP contribution in [0.5, 0.6) is 0 Å². The third-order valence-electron chi connectivity index (χ3n) is 4.05. The van der Waals surface area contributed by atoms with Crippen LogP contribution in [0.3, 0.4) is 0 Å². The Morgan fingerprint density at radius 1 is 0.958 bits per heavy atom. The monoisotopic (exact) mass is 336 g/mol. The van der Waals surface area contributed by atoms with Crippen LogP contribution in [0.15, 0.2) is 36.7 Å². The number of nitrogens with one attached hydrogen (secondary N) is 1. The van der Waals surface area contributed by atoms with Gasteiger partial charge in [0.25, 0.3) is 0 Å². The van der Waals surface area contributed by atoms with E-state index in [0.29, 0.717) is 11.5 Å². The summed E-state index contributed by atoms with van der Waals surface area (Å²) in [6.07, 6.45) is 1.77. The standard InChI is InChI=1S/C17H19F3N4/c18-17(19,20)13-6-5-7-14(10-13)23-15-11-16(22-12-21-15)24-8-3-1-2-4-9-24/h5-7,10-12H,1-4,8-9H2,(H,21,22,23). The maximum absolute atomic E-state index is 12.8. The summed E-state index contributed by atoms with van der Waals surface area (Å²) < 4.78 is 38.4. The molecule has 7 heteroatoms. The summed E-state index contributed by atoms with van der Waals surface area (Å²) >= 11 is 0. The third kappa shape index (κ3) is 4.15. The number of benzene rings is 1. The first-order valence-electron chi connectivity index (χ1n) is 8.04. The molecule has 1 aromatic carbocycles. The molecule has 1 aliphatic heterocycles. The van der Waals surface area contributed by atoms with E-state index in [1.165, 1.54) is 25.2 Å². The molecule has 0 amide bonds. The highest BCUT2D eigenvalue weighted by atomic mass is 19.4. The highest BCUT2D eigenvalue weighted by Crippen LogP contribution is 2.31. The van der Waals surface area contributed by atoms with E-state index < -0.39 is 11.7 Å². The van der Waals surface area contributed by atoms with Crippen LogP contribution in [0.25, 0.3) is 0 Å². The number of aromatic nitrogens is 2. The Morgan fingerprint density at radius 3 is 2.42 bits per heavy atom. The van der Waals surface area contributed by atoms with Gasteiger partial charge in [0.1, 0.15) is 18.0 Å². The molecule has 0 atom stereocenters. The minimum Gasteiger partial charge on any atom is -0.356 e. The molecular formula is C17H19F3N4. The lowest BCUT2D eigenvalue weighted by Crippen LogP contribution is -2.25. The predicted octanol–water partition coefficient (Wildman–Crippen LogP) is 4.62. The van der Waals surface area contributed by atoms with E-state index in [1.807, 2.05) is 0 Å². The third-order valence-corrected chi connectivity index (χ3v) is 4.05. The Hall–Kier alpha value is -2.31. The van der Waals surface area contributed by atoms with Gasteiger partial charge in [-0.05, 0) is 31.0 Å². The summed E-state index contributed by atoms with van der Waals surface area (Å²) in [6.45, 7) is 1.89. The van der Waals surface area contributed by atoms with Crippen molar-refractivity contribution in [3.05, 3.63) is 42.2 Å². The molecule has 4 nitrogen and oxygen atoms in total. The van der Waals surface area contributed by atoms with Crippen LogP contribution in [-0.4, -0.2) is 23.1 Å². The zero-order chi connectivity index (χ0) is 17.0. The minimum absolute atomic E-state index is 0.352. The van der Waals surface area contributed by atoms with Gasteiger partial charge < -0.3 is 10.2 Å². The predicted molar refractivity (Wildman–Crippen MR) is 87.4 cm³/mol. The summed E-state index contributed by atoms with van der Waals surface area (Å²) in [6, 6.07) is 6.87. The highest BCUT2D eigenvalue weighted by Gasteiger charge is 2.30. The maximum Gasteiger partial charge on any atom is 0.416 e. The zero-order valence-electron chi connectivity index (χ0n) is 13.2. The van der Waals surface area contributed by atoms with Crippen molar-refractivity contribution in [3.8, 4) is 0 Å². The largest absolute Gasteiger partial charge is 0.416 e. The smallest absolute Gasteiger partial charge is 0.356 e. The van der Waals surface area contributed by atoms with Crippen LogP contribution < -0.4 is 10.2 Å². The van der Waals surface area contributed by atoms with E-state index in [1.54, 1.807) is 12.1 Å². The fraction of sp³-hybridized carbons (Fsp3) is 0.412. The lowest BCUT2D eigenvalue weighted by Gasteiger charge is -2.21. The first-order chi connectivity index (χ1) is 11.5. The Balaban J connectivity index is 1.77. The Bertz CT molecular complexity index is 680. The van der Waals surface area contributed by atoms with E-state index >= 15 is 0 Å². The summed E-state index contributed by atoms with van der Waals surface area (Å²) in [5, 5.41) is 2.93. The number of nitrogens with zero attached hydrogens (tertiary/aromatic N) is 3. The number of hydrogen-bond donors (Lipinski definition) is 1. The molecule has 1 fully saturated rings. The SMILES string of the molecule is FC(F)(F)c1cccc(Nc2cc(N3CCCCCC3)ncn2)c1. The Kier molecular flexibility index (Phi) is 4.87. The molecule has 0 saturated carbocycles. The van der Waals surface area contributed by atoms with Crippen LogP contribution in [0.1, 0.15) is 31.2 Å². The van der Waals surface area contributed by atoms with E-state index in [-0.39, 0.29) is 0 Å². The van der Waals surface area contributed by atoms with Crippen LogP contribution in [0, 0.1) is 0 Å². The molecule has 0 unspecified atom stereocenters. The molecule has 0 aliphatic carbocycles. The molecule has 1 N–H and O–H groups in total. The van der Waals surface area contributed by atoms with Gasteiger partial charge in [0, 0.05) is 24.8 Å². The molecule has 2 aromatic rings. The maximum atomic E-state index is 12.8. The topological polar surface area (TPSA) is 41.0 Å². The van der Waals surface area contributed by atoms with Crippen LogP contribution >= 0.6 is 0 Å². The van der Waals surface area contributed by atoms with Crippen LogP contribution in [0.4, 0.5) is 30.5 Å². The molecule has 0 bridgehead atoms. The second kappa shape index (κ2) is 7.07. The molecule has 0 spiro atoms. The fourth-order valence-electron chi connectivity index (χ4n) is 2.81. The van der Waals surface area contributed by atoms with Gasteiger partial charge in [0.15, 0.2) is 0 Å². The first-order valence-corrected chi connectivity index (χ1v) is 8.04. The molecule has 3 rings (SSSR count). The number of alkyl halides is 3. The summed E-state index contributed by atoms with van der Waals surface area (Å²) in [4.78, 5) is 10.6. The van der Waals surface area contributed by atoms with Gasteiger partial charge in [0.05, 0.1) is 5.56 Å². The molecule has 128 valence electrons. The van der Waals surface area contributed by atoms with Crippen molar-refractivity contribution in [3.63, 3.8) is 0 Å². The lowest BCUT2D eigenvalue weighted by atomic mass is 10.2. The van der Waals surface area contributed by atoms with Gasteiger partial charge in [0.2, 0.25) is 0 Å².